The Morgan fingerprint density at radius 3 is 2.48 bits per heavy atom. The van der Waals surface area contributed by atoms with Gasteiger partial charge in [-0.3, -0.25) is 18.9 Å². The second kappa shape index (κ2) is 14.7. The second-order valence-electron chi connectivity index (χ2n) is 10.0. The van der Waals surface area contributed by atoms with Gasteiger partial charge in [0.15, 0.2) is 18.0 Å². The molecule has 6 atom stereocenters. The van der Waals surface area contributed by atoms with Crippen LogP contribution in [0, 0.1) is 11.3 Å². The third-order valence-electron chi connectivity index (χ3n) is 6.90. The first-order valence-corrected chi connectivity index (χ1v) is 16.0. The number of nitrogens with two attached hydrogens (primary N) is 1. The van der Waals surface area contributed by atoms with Gasteiger partial charge in [-0.25, -0.2) is 14.1 Å². The molecule has 1 aliphatic rings. The Labute approximate surface area is 264 Å². The lowest BCUT2D eigenvalue weighted by molar-refractivity contribution is -0.169. The fourth-order valence-corrected chi connectivity index (χ4v) is 6.20. The molecule has 1 saturated heterocycles. The predicted octanol–water partition coefficient (Wildman–Crippen LogP) is 2.82. The largest absolute Gasteiger partial charge is 0.465 e. The Bertz CT molecular complexity index is 1650. The molecule has 16 nitrogen and oxygen atoms in total. The molecule has 1 aromatic carbocycles. The van der Waals surface area contributed by atoms with Crippen LogP contribution in [0.3, 0.4) is 0 Å². The van der Waals surface area contributed by atoms with Crippen molar-refractivity contribution in [1.29, 1.82) is 5.26 Å². The van der Waals surface area contributed by atoms with Gasteiger partial charge in [-0.15, -0.1) is 0 Å². The molecule has 0 aliphatic carbocycles. The first-order chi connectivity index (χ1) is 22.0. The third-order valence-corrected chi connectivity index (χ3v) is 8.55. The van der Waals surface area contributed by atoms with Gasteiger partial charge < -0.3 is 29.2 Å². The quantitative estimate of drug-likeness (QED) is 0.145. The van der Waals surface area contributed by atoms with Crippen molar-refractivity contribution < 1.29 is 46.9 Å². The molecule has 0 spiro atoms. The number of nitrogen functional groups attached to an aromatic ring is 1. The molecular formula is C29H35N6O10P. The van der Waals surface area contributed by atoms with Crippen LogP contribution in [-0.4, -0.2) is 70.1 Å². The molecule has 1 fully saturated rings. The number of nitriles is 1. The van der Waals surface area contributed by atoms with Crippen LogP contribution in [0.15, 0.2) is 48.8 Å². The van der Waals surface area contributed by atoms with Crippen LogP contribution in [0.5, 0.6) is 5.75 Å². The molecule has 0 unspecified atom stereocenters. The highest BCUT2D eigenvalue weighted by molar-refractivity contribution is 7.52. The van der Waals surface area contributed by atoms with Crippen LogP contribution >= 0.6 is 7.75 Å². The summed E-state index contributed by atoms with van der Waals surface area (Å²) in [6.07, 6.45) is -3.30. The number of fused-ring (bicyclic) bond motifs is 1. The van der Waals surface area contributed by atoms with Crippen LogP contribution in [0.1, 0.15) is 46.2 Å². The number of para-hydroxylation sites is 1. The van der Waals surface area contributed by atoms with E-state index in [1.165, 1.54) is 36.0 Å². The van der Waals surface area contributed by atoms with Crippen LogP contribution in [0.4, 0.5) is 5.82 Å². The third kappa shape index (κ3) is 7.29. The zero-order valence-corrected chi connectivity index (χ0v) is 26.5. The highest BCUT2D eigenvalue weighted by atomic mass is 31.2. The second-order valence-corrected chi connectivity index (χ2v) is 11.7. The van der Waals surface area contributed by atoms with E-state index < -0.39 is 62.2 Å². The van der Waals surface area contributed by atoms with Crippen molar-refractivity contribution in [2.75, 3.05) is 18.9 Å². The number of hydrogen-bond donors (Lipinski definition) is 2. The zero-order chi connectivity index (χ0) is 33.5. The predicted molar refractivity (Wildman–Crippen MR) is 160 cm³/mol. The van der Waals surface area contributed by atoms with Crippen molar-refractivity contribution in [3.05, 3.63) is 54.5 Å². The molecule has 3 aromatic rings. The molecule has 1 aliphatic heterocycles. The van der Waals surface area contributed by atoms with Gasteiger partial charge in [0.05, 0.1) is 18.9 Å². The van der Waals surface area contributed by atoms with Crippen molar-refractivity contribution in [2.24, 2.45) is 0 Å². The van der Waals surface area contributed by atoms with Gasteiger partial charge in [0, 0.05) is 12.8 Å². The summed E-state index contributed by atoms with van der Waals surface area (Å²) >= 11 is 0. The van der Waals surface area contributed by atoms with Gasteiger partial charge in [-0.2, -0.15) is 15.4 Å². The SMILES string of the molecule is CCOC(=O)[C@H](C)N[P@](=O)(OC[C@H]1O[C@@](C#N)(c2ccc3c(N)ncnn23)[C@H](OC(=O)CC)[C@@H]1OC(=O)CC)Oc1ccccc1. The van der Waals surface area contributed by atoms with E-state index in [1.54, 1.807) is 45.0 Å². The average Bonchev–Trinajstić information content (AvgIpc) is 3.61. The smallest absolute Gasteiger partial charge is 0.459 e. The summed E-state index contributed by atoms with van der Waals surface area (Å²) in [6, 6.07) is 12.0. The topological polar surface area (TPSA) is 216 Å². The molecule has 17 heteroatoms. The number of hydrogen-bond acceptors (Lipinski definition) is 14. The maximum absolute atomic E-state index is 14.1. The number of nitrogens with one attached hydrogen (secondary N) is 1. The fraction of sp³-hybridized carbons (Fsp3) is 0.448. The maximum atomic E-state index is 14.1. The number of aromatic nitrogens is 3. The maximum Gasteiger partial charge on any atom is 0.459 e. The van der Waals surface area contributed by atoms with E-state index in [-0.39, 0.29) is 36.7 Å². The number of carbonyl (C=O) groups excluding carboxylic acids is 3. The summed E-state index contributed by atoms with van der Waals surface area (Å²) in [5.74, 6) is -1.89. The molecule has 4 rings (SSSR count). The lowest BCUT2D eigenvalue weighted by Crippen LogP contribution is -2.46. The Kier molecular flexibility index (Phi) is 11.0. The molecular weight excluding hydrogens is 623 g/mol. The normalized spacial score (nSPS) is 22.7. The summed E-state index contributed by atoms with van der Waals surface area (Å²) in [7, 11) is -4.41. The Morgan fingerprint density at radius 2 is 1.83 bits per heavy atom. The first kappa shape index (κ1) is 34.3. The lowest BCUT2D eigenvalue weighted by atomic mass is 9.92. The van der Waals surface area contributed by atoms with Gasteiger partial charge >= 0.3 is 25.7 Å². The van der Waals surface area contributed by atoms with Crippen LogP contribution in [-0.2, 0) is 48.0 Å². The minimum Gasteiger partial charge on any atom is -0.465 e. The Morgan fingerprint density at radius 1 is 1.13 bits per heavy atom. The Hall–Kier alpha value is -4.55. The highest BCUT2D eigenvalue weighted by Gasteiger charge is 2.62. The number of carbonyl (C=O) groups is 3. The molecule has 0 amide bonds. The fourth-order valence-electron chi connectivity index (χ4n) is 4.70. The van der Waals surface area contributed by atoms with Gasteiger partial charge in [-0.1, -0.05) is 32.0 Å². The van der Waals surface area contributed by atoms with E-state index >= 15 is 0 Å². The van der Waals surface area contributed by atoms with Crippen molar-refractivity contribution >= 4 is 37.0 Å². The molecule has 246 valence electrons. The number of esters is 3. The van der Waals surface area contributed by atoms with Crippen molar-refractivity contribution in [3.63, 3.8) is 0 Å². The van der Waals surface area contributed by atoms with Gasteiger partial charge in [-0.05, 0) is 38.1 Å². The summed E-state index contributed by atoms with van der Waals surface area (Å²) in [5, 5.41) is 17.4. The number of rotatable bonds is 14. The zero-order valence-electron chi connectivity index (χ0n) is 25.7. The van der Waals surface area contributed by atoms with E-state index in [1.807, 2.05) is 0 Å². The number of benzene rings is 1. The van der Waals surface area contributed by atoms with Crippen molar-refractivity contribution in [1.82, 2.24) is 19.7 Å². The molecule has 0 bridgehead atoms. The molecule has 3 N–H and O–H groups in total. The first-order valence-electron chi connectivity index (χ1n) is 14.5. The van der Waals surface area contributed by atoms with Crippen molar-refractivity contribution in [2.45, 2.75) is 70.5 Å². The molecule has 2 aromatic heterocycles. The summed E-state index contributed by atoms with van der Waals surface area (Å²) in [6.45, 7) is 5.58. The molecule has 3 heterocycles. The van der Waals surface area contributed by atoms with Crippen molar-refractivity contribution in [3.8, 4) is 11.8 Å². The Balaban J connectivity index is 1.76. The summed E-state index contributed by atoms with van der Waals surface area (Å²) < 4.78 is 49.6. The van der Waals surface area contributed by atoms with E-state index in [4.69, 9.17) is 33.7 Å². The monoisotopic (exact) mass is 658 g/mol. The molecule has 0 saturated carbocycles. The van der Waals surface area contributed by atoms with Crippen LogP contribution < -0.4 is 15.3 Å². The van der Waals surface area contributed by atoms with Crippen LogP contribution in [0.2, 0.25) is 0 Å². The highest BCUT2D eigenvalue weighted by Crippen LogP contribution is 2.48. The van der Waals surface area contributed by atoms with Crippen LogP contribution in [0.25, 0.3) is 5.52 Å². The lowest BCUT2D eigenvalue weighted by Gasteiger charge is -2.28. The number of nitrogens with zero attached hydrogens (tertiary/aromatic N) is 4. The van der Waals surface area contributed by atoms with E-state index in [0.29, 0.717) is 5.52 Å². The van der Waals surface area contributed by atoms with Gasteiger partial charge in [0.25, 0.3) is 0 Å². The minimum absolute atomic E-state index is 0.0654. The standard InChI is InChI=1S/C29H35N6O10P/c1-5-23(36)42-25-21(15-41-46(39,34-18(4)28(38)40-7-3)45-19-11-9-8-10-12-19)44-29(16-30,26(25)43-24(37)6-2)22-14-13-20-27(31)32-17-33-35(20)22/h8-14,17-18,21,25-26H,5-7,15H2,1-4H3,(H,34,39)(H2,31,32,33)/t18-,21+,25+,26+,29-,46-/m0/s1. The average molecular weight is 659 g/mol. The van der Waals surface area contributed by atoms with Gasteiger partial charge in [0.2, 0.25) is 5.60 Å². The van der Waals surface area contributed by atoms with E-state index in [9.17, 15) is 24.2 Å². The summed E-state index contributed by atoms with van der Waals surface area (Å²) in [5.41, 5.74) is 4.31. The minimum atomic E-state index is -4.41. The number of ether oxygens (including phenoxy) is 4. The molecule has 0 radical (unpaired) electrons. The van der Waals surface area contributed by atoms with E-state index in [2.05, 4.69) is 21.2 Å². The van der Waals surface area contributed by atoms with Gasteiger partial charge in [0.1, 0.15) is 35.8 Å². The molecule has 46 heavy (non-hydrogen) atoms. The number of anilines is 1. The summed E-state index contributed by atoms with van der Waals surface area (Å²) in [4.78, 5) is 41.7. The van der Waals surface area contributed by atoms with E-state index in [0.717, 1.165) is 0 Å².